The highest BCUT2D eigenvalue weighted by atomic mass is 32.2. The van der Waals surface area contributed by atoms with Gasteiger partial charge in [-0.3, -0.25) is 10.2 Å². The summed E-state index contributed by atoms with van der Waals surface area (Å²) in [5.74, 6) is -0.927. The first-order valence-electron chi connectivity index (χ1n) is 8.31. The highest BCUT2D eigenvalue weighted by Crippen LogP contribution is 2.13. The summed E-state index contributed by atoms with van der Waals surface area (Å²) in [5, 5.41) is 4.12. The molecule has 3 aromatic rings. The van der Waals surface area contributed by atoms with Crippen LogP contribution < -0.4 is 5.43 Å². The first-order chi connectivity index (χ1) is 13.1. The van der Waals surface area contributed by atoms with Gasteiger partial charge in [-0.15, -0.1) is 0 Å². The van der Waals surface area contributed by atoms with E-state index in [0.717, 1.165) is 0 Å². The van der Waals surface area contributed by atoms with E-state index in [2.05, 4.69) is 10.5 Å². The molecule has 0 saturated heterocycles. The van der Waals surface area contributed by atoms with Crippen molar-refractivity contribution < 1.29 is 13.2 Å². The van der Waals surface area contributed by atoms with E-state index < -0.39 is 21.4 Å². The van der Waals surface area contributed by atoms with Crippen LogP contribution in [0.1, 0.15) is 10.4 Å². The number of sulfone groups is 1. The second kappa shape index (κ2) is 8.42. The van der Waals surface area contributed by atoms with Gasteiger partial charge in [-0.2, -0.15) is 5.10 Å². The number of ketones is 1. The van der Waals surface area contributed by atoms with Gasteiger partial charge < -0.3 is 0 Å². The summed E-state index contributed by atoms with van der Waals surface area (Å²) in [7, 11) is -3.71. The Morgan fingerprint density at radius 3 is 1.89 bits per heavy atom. The Bertz CT molecular complexity index is 1030. The van der Waals surface area contributed by atoms with Crippen molar-refractivity contribution in [2.24, 2.45) is 5.10 Å². The van der Waals surface area contributed by atoms with Gasteiger partial charge in [0.05, 0.1) is 10.6 Å². The lowest BCUT2D eigenvalue weighted by Crippen LogP contribution is -2.25. The number of anilines is 1. The van der Waals surface area contributed by atoms with Crippen molar-refractivity contribution in [2.75, 3.05) is 11.2 Å². The Labute approximate surface area is 158 Å². The van der Waals surface area contributed by atoms with Crippen molar-refractivity contribution in [3.05, 3.63) is 96.6 Å². The molecule has 27 heavy (non-hydrogen) atoms. The molecule has 0 bridgehead atoms. The summed E-state index contributed by atoms with van der Waals surface area (Å²) in [6, 6.07) is 25.6. The Kier molecular flexibility index (Phi) is 5.78. The van der Waals surface area contributed by atoms with Crippen molar-refractivity contribution in [3.63, 3.8) is 0 Å². The molecular weight excluding hydrogens is 360 g/mol. The predicted octanol–water partition coefficient (Wildman–Crippen LogP) is 3.81. The number of nitrogens with one attached hydrogen (secondary N) is 1. The van der Waals surface area contributed by atoms with E-state index in [4.69, 9.17) is 0 Å². The first-order valence-corrected chi connectivity index (χ1v) is 9.97. The SMILES string of the molecule is O=C(C(CS(=O)(=O)c1ccccc1)=NNc1ccccc1)c1ccccc1. The first kappa shape index (κ1) is 18.5. The second-order valence-electron chi connectivity index (χ2n) is 5.80. The van der Waals surface area contributed by atoms with Gasteiger partial charge in [0.15, 0.2) is 9.84 Å². The maximum absolute atomic E-state index is 12.8. The van der Waals surface area contributed by atoms with Gasteiger partial charge in [0.1, 0.15) is 11.5 Å². The van der Waals surface area contributed by atoms with Crippen LogP contribution >= 0.6 is 0 Å². The molecule has 0 fully saturated rings. The number of hydrogen-bond acceptors (Lipinski definition) is 5. The lowest BCUT2D eigenvalue weighted by atomic mass is 10.1. The van der Waals surface area contributed by atoms with E-state index in [1.807, 2.05) is 18.2 Å². The number of hydrazone groups is 1. The van der Waals surface area contributed by atoms with Crippen LogP contribution in [0.25, 0.3) is 0 Å². The molecule has 0 aliphatic carbocycles. The van der Waals surface area contributed by atoms with Gasteiger partial charge in [0.2, 0.25) is 5.78 Å². The van der Waals surface area contributed by atoms with Crippen molar-refractivity contribution >= 4 is 27.0 Å². The quantitative estimate of drug-likeness (QED) is 0.385. The molecule has 0 aromatic heterocycles. The van der Waals surface area contributed by atoms with Gasteiger partial charge in [-0.05, 0) is 24.3 Å². The molecule has 0 saturated carbocycles. The van der Waals surface area contributed by atoms with Gasteiger partial charge in [0, 0.05) is 5.56 Å². The van der Waals surface area contributed by atoms with Crippen molar-refractivity contribution in [2.45, 2.75) is 4.90 Å². The summed E-state index contributed by atoms with van der Waals surface area (Å²) in [6.45, 7) is 0. The number of hydrogen-bond donors (Lipinski definition) is 1. The van der Waals surface area contributed by atoms with Crippen LogP contribution in [0.2, 0.25) is 0 Å². The third-order valence-corrected chi connectivity index (χ3v) is 5.46. The third kappa shape index (κ3) is 4.89. The fourth-order valence-electron chi connectivity index (χ4n) is 2.44. The van der Waals surface area contributed by atoms with Crippen molar-refractivity contribution in [1.82, 2.24) is 0 Å². The number of carbonyl (C=O) groups excluding carboxylic acids is 1. The van der Waals surface area contributed by atoms with Crippen LogP contribution in [0.15, 0.2) is 101 Å². The maximum Gasteiger partial charge on any atom is 0.210 e. The van der Waals surface area contributed by atoms with Gasteiger partial charge in [-0.1, -0.05) is 66.7 Å². The lowest BCUT2D eigenvalue weighted by molar-refractivity contribution is 0.106. The average molecular weight is 378 g/mol. The largest absolute Gasteiger partial charge is 0.287 e. The zero-order valence-corrected chi connectivity index (χ0v) is 15.3. The van der Waals surface area contributed by atoms with Gasteiger partial charge in [0.25, 0.3) is 0 Å². The van der Waals surface area contributed by atoms with Crippen molar-refractivity contribution in [3.8, 4) is 0 Å². The minimum Gasteiger partial charge on any atom is -0.287 e. The number of carbonyl (C=O) groups is 1. The van der Waals surface area contributed by atoms with Crippen LogP contribution in [-0.4, -0.2) is 25.7 Å². The standard InChI is InChI=1S/C21H18N2O3S/c24-21(17-10-4-1-5-11-17)20(23-22-18-12-6-2-7-13-18)16-27(25,26)19-14-8-3-9-15-19/h1-15,22H,16H2. The van der Waals surface area contributed by atoms with Gasteiger partial charge >= 0.3 is 0 Å². The molecule has 0 aliphatic rings. The Balaban J connectivity index is 1.93. The van der Waals surface area contributed by atoms with E-state index in [0.29, 0.717) is 11.3 Å². The second-order valence-corrected chi connectivity index (χ2v) is 7.79. The molecule has 6 heteroatoms. The third-order valence-electron chi connectivity index (χ3n) is 3.82. The zero-order chi connectivity index (χ0) is 19.1. The van der Waals surface area contributed by atoms with E-state index in [9.17, 15) is 13.2 Å². The summed E-state index contributed by atoms with van der Waals surface area (Å²) in [5.41, 5.74) is 3.74. The molecule has 0 atom stereocenters. The maximum atomic E-state index is 12.8. The van der Waals surface area contributed by atoms with E-state index >= 15 is 0 Å². The van der Waals surface area contributed by atoms with Crippen LogP contribution in [-0.2, 0) is 9.84 Å². The monoisotopic (exact) mass is 378 g/mol. The summed E-state index contributed by atoms with van der Waals surface area (Å²) in [6.07, 6.45) is 0. The summed E-state index contributed by atoms with van der Waals surface area (Å²) in [4.78, 5) is 13.0. The molecule has 3 aromatic carbocycles. The lowest BCUT2D eigenvalue weighted by Gasteiger charge is -2.09. The molecule has 0 aliphatic heterocycles. The van der Waals surface area contributed by atoms with E-state index in [1.54, 1.807) is 60.7 Å². The smallest absolute Gasteiger partial charge is 0.210 e. The molecular formula is C21H18N2O3S. The van der Waals surface area contributed by atoms with E-state index in [1.165, 1.54) is 12.1 Å². The van der Waals surface area contributed by atoms with Crippen LogP contribution in [0.4, 0.5) is 5.69 Å². The fraction of sp³-hybridized carbons (Fsp3) is 0.0476. The minimum atomic E-state index is -3.71. The number of para-hydroxylation sites is 1. The van der Waals surface area contributed by atoms with Crippen LogP contribution in [0.3, 0.4) is 0 Å². The molecule has 136 valence electrons. The number of benzene rings is 3. The Hall–Kier alpha value is -3.25. The highest BCUT2D eigenvalue weighted by molar-refractivity contribution is 7.92. The molecule has 0 radical (unpaired) electrons. The number of nitrogens with zero attached hydrogens (tertiary/aromatic N) is 1. The van der Waals surface area contributed by atoms with E-state index in [-0.39, 0.29) is 10.6 Å². The molecule has 5 nitrogen and oxygen atoms in total. The Morgan fingerprint density at radius 1 is 0.778 bits per heavy atom. The summed E-state index contributed by atoms with van der Waals surface area (Å²) >= 11 is 0. The molecule has 0 unspecified atom stereocenters. The summed E-state index contributed by atoms with van der Waals surface area (Å²) < 4.78 is 25.5. The molecule has 1 N–H and O–H groups in total. The number of Topliss-reactive ketones (excluding diaryl/α,β-unsaturated/α-hetero) is 1. The molecule has 3 rings (SSSR count). The fourth-order valence-corrected chi connectivity index (χ4v) is 3.73. The van der Waals surface area contributed by atoms with Crippen LogP contribution in [0, 0.1) is 0 Å². The molecule has 0 heterocycles. The molecule has 0 spiro atoms. The Morgan fingerprint density at radius 2 is 1.30 bits per heavy atom. The predicted molar refractivity (Wildman–Crippen MR) is 107 cm³/mol. The normalized spacial score (nSPS) is 11.8. The number of rotatable bonds is 7. The average Bonchev–Trinajstić information content (AvgIpc) is 2.72. The highest BCUT2D eigenvalue weighted by Gasteiger charge is 2.23. The topological polar surface area (TPSA) is 75.6 Å². The van der Waals surface area contributed by atoms with Gasteiger partial charge in [-0.25, -0.2) is 8.42 Å². The van der Waals surface area contributed by atoms with Crippen LogP contribution in [0.5, 0.6) is 0 Å². The molecule has 0 amide bonds. The van der Waals surface area contributed by atoms with Crippen molar-refractivity contribution in [1.29, 1.82) is 0 Å². The minimum absolute atomic E-state index is 0.0751. The zero-order valence-electron chi connectivity index (χ0n) is 14.4.